The lowest BCUT2D eigenvalue weighted by Gasteiger charge is -2.37. The number of hydrogen-bond acceptors (Lipinski definition) is 0. The summed E-state index contributed by atoms with van der Waals surface area (Å²) in [5, 5.41) is 0. The SMILES string of the molecule is CCCCC(CC)Cc1ccc(-c2c(-c3ccc(CC(CC)CCCC)cc3CC(CC)CCCC)c(-c3ccc(CC(CC)CCCC)cc3CC(CC)CCCC)c3c(c2-c2ccc(CC(CC)CCCC)cc2CC(CC)CCCC)-c2ccccc2-3)c(CC(CC)CCCC)c1. The van der Waals surface area contributed by atoms with Gasteiger partial charge in [-0.3, -0.25) is 0 Å². The van der Waals surface area contributed by atoms with Crippen molar-refractivity contribution < 1.29 is 0 Å². The average Bonchev–Trinajstić information content (AvgIpc) is 0.684. The van der Waals surface area contributed by atoms with E-state index < -0.39 is 0 Å². The van der Waals surface area contributed by atoms with Crippen molar-refractivity contribution in [3.63, 3.8) is 0 Å². The van der Waals surface area contributed by atoms with E-state index in [2.05, 4.69) is 208 Å². The van der Waals surface area contributed by atoms with Crippen LogP contribution in [0.15, 0.2) is 97.1 Å². The molecule has 0 aromatic heterocycles. The predicted molar refractivity (Wildman–Crippen MR) is 449 cm³/mol. The van der Waals surface area contributed by atoms with Gasteiger partial charge in [-0.2, -0.15) is 0 Å². The molecule has 0 radical (unpaired) electrons. The van der Waals surface area contributed by atoms with Gasteiger partial charge >= 0.3 is 0 Å². The fourth-order valence-corrected chi connectivity index (χ4v) is 18.1. The summed E-state index contributed by atoms with van der Waals surface area (Å²) in [6.45, 7) is 39.2. The molecule has 0 amide bonds. The summed E-state index contributed by atoms with van der Waals surface area (Å²) in [5.74, 6) is 5.28. The molecule has 1 aliphatic rings. The summed E-state index contributed by atoms with van der Waals surface area (Å²) in [5.41, 5.74) is 30.9. The first-order valence-corrected chi connectivity index (χ1v) is 43.7. The van der Waals surface area contributed by atoms with E-state index in [0.29, 0.717) is 47.3 Å². The molecule has 6 aromatic carbocycles. The molecule has 6 aromatic rings. The van der Waals surface area contributed by atoms with E-state index in [1.54, 1.807) is 55.6 Å². The van der Waals surface area contributed by atoms with Crippen molar-refractivity contribution in [1.82, 2.24) is 0 Å². The average molecular weight is 1350 g/mol. The maximum Gasteiger partial charge on any atom is -0.000730 e. The van der Waals surface area contributed by atoms with Crippen LogP contribution in [0.4, 0.5) is 0 Å². The maximum atomic E-state index is 2.83. The third-order valence-corrected chi connectivity index (χ3v) is 25.2. The van der Waals surface area contributed by atoms with Gasteiger partial charge in [0.15, 0.2) is 0 Å². The molecule has 7 rings (SSSR count). The highest BCUT2D eigenvalue weighted by Crippen LogP contribution is 2.64. The maximum absolute atomic E-state index is 2.83. The molecule has 0 fully saturated rings. The molecule has 0 nitrogen and oxygen atoms in total. The summed E-state index contributed by atoms with van der Waals surface area (Å²) in [6.07, 6.45) is 49.9. The summed E-state index contributed by atoms with van der Waals surface area (Å²) < 4.78 is 0. The molecule has 0 saturated heterocycles. The quantitative estimate of drug-likeness (QED) is 0.0356. The molecule has 0 bridgehead atoms. The van der Waals surface area contributed by atoms with Gasteiger partial charge in [-0.1, -0.05) is 413 Å². The Morgan fingerprint density at radius 1 is 0.190 bits per heavy atom. The number of hydrogen-bond donors (Lipinski definition) is 0. The van der Waals surface area contributed by atoms with Crippen LogP contribution in [0.5, 0.6) is 0 Å². The van der Waals surface area contributed by atoms with Crippen LogP contribution in [-0.4, -0.2) is 0 Å². The summed E-state index contributed by atoms with van der Waals surface area (Å²) in [6, 6.07) is 42.8. The third-order valence-electron chi connectivity index (χ3n) is 25.2. The predicted octanol–water partition coefficient (Wildman–Crippen LogP) is 32.1. The largest absolute Gasteiger partial charge is 0.0654 e. The van der Waals surface area contributed by atoms with Gasteiger partial charge in [0.05, 0.1) is 0 Å². The summed E-state index contributed by atoms with van der Waals surface area (Å²) in [7, 11) is 0. The molecular formula is C100H152. The molecule has 0 heteroatoms. The second-order valence-corrected chi connectivity index (χ2v) is 32.7. The fraction of sp³-hybridized carbons (Fsp3) is 0.640. The molecule has 0 saturated carbocycles. The van der Waals surface area contributed by atoms with Crippen LogP contribution in [0.2, 0.25) is 0 Å². The van der Waals surface area contributed by atoms with Crippen molar-refractivity contribution >= 4 is 0 Å². The van der Waals surface area contributed by atoms with Crippen molar-refractivity contribution in [1.29, 1.82) is 0 Å². The van der Waals surface area contributed by atoms with Crippen molar-refractivity contribution in [2.24, 2.45) is 47.3 Å². The van der Waals surface area contributed by atoms with E-state index in [-0.39, 0.29) is 0 Å². The number of rotatable bonds is 52. The van der Waals surface area contributed by atoms with Crippen molar-refractivity contribution in [3.05, 3.63) is 142 Å². The van der Waals surface area contributed by atoms with Crippen molar-refractivity contribution in [2.75, 3.05) is 0 Å². The third kappa shape index (κ3) is 22.9. The van der Waals surface area contributed by atoms with Crippen LogP contribution in [0.3, 0.4) is 0 Å². The Labute approximate surface area is 619 Å². The smallest absolute Gasteiger partial charge is 0.000730 e. The first-order chi connectivity index (χ1) is 48.9. The van der Waals surface area contributed by atoms with Gasteiger partial charge in [-0.15, -0.1) is 0 Å². The lowest BCUT2D eigenvalue weighted by atomic mass is 9.65. The van der Waals surface area contributed by atoms with E-state index in [4.69, 9.17) is 0 Å². The normalized spacial score (nSPS) is 14.5. The Bertz CT molecular complexity index is 3070. The van der Waals surface area contributed by atoms with Crippen LogP contribution >= 0.6 is 0 Å². The molecule has 8 atom stereocenters. The van der Waals surface area contributed by atoms with Crippen LogP contribution < -0.4 is 0 Å². The zero-order valence-corrected chi connectivity index (χ0v) is 68.1. The minimum atomic E-state index is 0.614. The molecule has 0 heterocycles. The van der Waals surface area contributed by atoms with Gasteiger partial charge in [-0.25, -0.2) is 0 Å². The Hall–Kier alpha value is -4.68. The highest BCUT2D eigenvalue weighted by Gasteiger charge is 2.38. The van der Waals surface area contributed by atoms with Gasteiger partial charge < -0.3 is 0 Å². The van der Waals surface area contributed by atoms with Crippen LogP contribution in [0, 0.1) is 47.3 Å². The van der Waals surface area contributed by atoms with E-state index in [9.17, 15) is 0 Å². The zero-order chi connectivity index (χ0) is 71.8. The van der Waals surface area contributed by atoms with Gasteiger partial charge in [0.2, 0.25) is 0 Å². The second kappa shape index (κ2) is 44.9. The first kappa shape index (κ1) is 82.6. The fourth-order valence-electron chi connectivity index (χ4n) is 18.1. The Kier molecular flexibility index (Phi) is 37.1. The molecule has 0 N–H and O–H groups in total. The van der Waals surface area contributed by atoms with Crippen molar-refractivity contribution in [2.45, 2.75) is 368 Å². The molecule has 0 aliphatic heterocycles. The standard InChI is InChI=1S/C100H152/c1-17-33-43-73(25-9)61-81-53-57-89(85(69-81)65-77(29-13)47-37-21-5)95-96(90-58-54-82(62-74(26-10)44-34-18-2)70-86(90)66-78(30-14)48-38-22-6)98(92-60-56-84(64-76(28-12)46-36-20-4)72-88(92)68-80(32-16)50-40-24-8)100-94-52-42-41-51-93(94)99(100)97(95)91-59-55-83(63-75(27-11)45-35-19-3)71-87(91)67-79(31-15)49-39-23-7/h41-42,51-60,69-80H,17-40,43-50,61-68H2,1-16H3. The minimum absolute atomic E-state index is 0.614. The topological polar surface area (TPSA) is 0 Å². The lowest BCUT2D eigenvalue weighted by molar-refractivity contribution is 0.444. The molecule has 1 aliphatic carbocycles. The highest BCUT2D eigenvalue weighted by atomic mass is 14.4. The number of benzene rings is 6. The van der Waals surface area contributed by atoms with E-state index in [1.165, 1.54) is 287 Å². The minimum Gasteiger partial charge on any atom is -0.0654 e. The summed E-state index contributed by atoms with van der Waals surface area (Å²) in [4.78, 5) is 0. The molecule has 8 unspecified atom stereocenters. The molecule has 0 spiro atoms. The number of unbranched alkanes of at least 4 members (excludes halogenated alkanes) is 8. The Morgan fingerprint density at radius 3 is 0.530 bits per heavy atom. The van der Waals surface area contributed by atoms with Crippen LogP contribution in [-0.2, 0) is 51.4 Å². The van der Waals surface area contributed by atoms with Gasteiger partial charge in [0.1, 0.15) is 0 Å². The van der Waals surface area contributed by atoms with Gasteiger partial charge in [0, 0.05) is 0 Å². The summed E-state index contributed by atoms with van der Waals surface area (Å²) >= 11 is 0. The first-order valence-electron chi connectivity index (χ1n) is 43.7. The van der Waals surface area contributed by atoms with Crippen LogP contribution in [0.1, 0.15) is 361 Å². The zero-order valence-electron chi connectivity index (χ0n) is 68.1. The monoisotopic (exact) mass is 1350 g/mol. The second-order valence-electron chi connectivity index (χ2n) is 32.7. The number of fused-ring (bicyclic) bond motifs is 4. The van der Waals surface area contributed by atoms with E-state index in [1.807, 2.05) is 0 Å². The van der Waals surface area contributed by atoms with Crippen LogP contribution in [0.25, 0.3) is 66.8 Å². The Balaban J connectivity index is 1.83. The van der Waals surface area contributed by atoms with E-state index in [0.717, 1.165) is 25.7 Å². The lowest BCUT2D eigenvalue weighted by Crippen LogP contribution is -2.14. The molecule has 100 heavy (non-hydrogen) atoms. The van der Waals surface area contributed by atoms with Crippen molar-refractivity contribution in [3.8, 4) is 66.8 Å². The molecular weight excluding hydrogens is 1200 g/mol. The van der Waals surface area contributed by atoms with Gasteiger partial charge in [-0.05, 0) is 210 Å². The molecule has 552 valence electrons. The Morgan fingerprint density at radius 2 is 0.360 bits per heavy atom. The van der Waals surface area contributed by atoms with E-state index >= 15 is 0 Å². The highest BCUT2D eigenvalue weighted by molar-refractivity contribution is 6.22. The van der Waals surface area contributed by atoms with Gasteiger partial charge in [0.25, 0.3) is 0 Å².